The number of carbonyl (C=O) groups excluding carboxylic acids is 3. The SMILES string of the molecule is CC(=O)c1ccc2c(c1)N(CCC(=O)NCc1ccc(S(N)(=O)=O)cc1)C(=O)CO2. The molecule has 0 unspecified atom stereocenters. The van der Waals surface area contributed by atoms with E-state index in [-0.39, 0.29) is 48.6 Å². The van der Waals surface area contributed by atoms with E-state index in [0.29, 0.717) is 22.6 Å². The van der Waals surface area contributed by atoms with Gasteiger partial charge in [-0.1, -0.05) is 12.1 Å². The summed E-state index contributed by atoms with van der Waals surface area (Å²) >= 11 is 0. The fourth-order valence-corrected chi connectivity index (χ4v) is 3.48. The van der Waals surface area contributed by atoms with Gasteiger partial charge in [-0.2, -0.15) is 0 Å². The van der Waals surface area contributed by atoms with Gasteiger partial charge in [0.15, 0.2) is 12.4 Å². The monoisotopic (exact) mass is 431 g/mol. The molecule has 30 heavy (non-hydrogen) atoms. The summed E-state index contributed by atoms with van der Waals surface area (Å²) in [6, 6.07) is 10.7. The first kappa shape index (κ1) is 21.5. The second-order valence-corrected chi connectivity index (χ2v) is 8.35. The van der Waals surface area contributed by atoms with Gasteiger partial charge in [0, 0.05) is 25.1 Å². The Kier molecular flexibility index (Phi) is 6.18. The van der Waals surface area contributed by atoms with Crippen molar-refractivity contribution in [3.05, 3.63) is 53.6 Å². The Hall–Kier alpha value is -3.24. The van der Waals surface area contributed by atoms with Crippen molar-refractivity contribution in [2.24, 2.45) is 5.14 Å². The number of benzene rings is 2. The maximum Gasteiger partial charge on any atom is 0.265 e. The lowest BCUT2D eigenvalue weighted by Crippen LogP contribution is -2.41. The van der Waals surface area contributed by atoms with Gasteiger partial charge in [-0.15, -0.1) is 0 Å². The molecule has 2 aromatic carbocycles. The van der Waals surface area contributed by atoms with E-state index in [2.05, 4.69) is 5.32 Å². The van der Waals surface area contributed by atoms with Crippen molar-refractivity contribution in [2.75, 3.05) is 18.1 Å². The van der Waals surface area contributed by atoms with Gasteiger partial charge in [-0.05, 0) is 42.8 Å². The molecule has 1 heterocycles. The van der Waals surface area contributed by atoms with E-state index in [1.54, 1.807) is 30.3 Å². The molecule has 1 aliphatic heterocycles. The molecule has 0 bridgehead atoms. The Balaban J connectivity index is 1.60. The van der Waals surface area contributed by atoms with Gasteiger partial charge in [-0.25, -0.2) is 13.6 Å². The predicted octanol–water partition coefficient (Wildman–Crippen LogP) is 0.969. The van der Waals surface area contributed by atoms with Crippen LogP contribution in [0.2, 0.25) is 0 Å². The van der Waals surface area contributed by atoms with Crippen LogP contribution in [-0.2, 0) is 26.2 Å². The lowest BCUT2D eigenvalue weighted by Gasteiger charge is -2.29. The highest BCUT2D eigenvalue weighted by Gasteiger charge is 2.26. The van der Waals surface area contributed by atoms with Crippen molar-refractivity contribution in [2.45, 2.75) is 24.8 Å². The first-order chi connectivity index (χ1) is 14.1. The zero-order chi connectivity index (χ0) is 21.9. The zero-order valence-electron chi connectivity index (χ0n) is 16.3. The van der Waals surface area contributed by atoms with Gasteiger partial charge in [0.05, 0.1) is 10.6 Å². The van der Waals surface area contributed by atoms with Gasteiger partial charge in [0.2, 0.25) is 15.9 Å². The number of carbonyl (C=O) groups is 3. The minimum absolute atomic E-state index is 0.00741. The number of nitrogens with zero attached hydrogens (tertiary/aromatic N) is 1. The number of sulfonamides is 1. The van der Waals surface area contributed by atoms with E-state index in [9.17, 15) is 22.8 Å². The molecule has 0 saturated heterocycles. The molecule has 158 valence electrons. The van der Waals surface area contributed by atoms with Gasteiger partial charge < -0.3 is 15.0 Å². The molecule has 2 aromatic rings. The van der Waals surface area contributed by atoms with Crippen LogP contribution in [0.5, 0.6) is 5.75 Å². The number of ketones is 1. The number of nitrogens with one attached hydrogen (secondary N) is 1. The molecule has 2 amide bonds. The Bertz CT molecular complexity index is 1100. The molecule has 0 fully saturated rings. The summed E-state index contributed by atoms with van der Waals surface area (Å²) in [5.74, 6) is -0.236. The third-order valence-electron chi connectivity index (χ3n) is 4.61. The van der Waals surface area contributed by atoms with Crippen molar-refractivity contribution in [1.82, 2.24) is 5.32 Å². The molecule has 3 N–H and O–H groups in total. The van der Waals surface area contributed by atoms with Gasteiger partial charge in [0.25, 0.3) is 5.91 Å². The predicted molar refractivity (Wildman–Crippen MR) is 109 cm³/mol. The van der Waals surface area contributed by atoms with Crippen LogP contribution >= 0.6 is 0 Å². The molecule has 0 aromatic heterocycles. The molecule has 9 nitrogen and oxygen atoms in total. The number of Topliss-reactive ketones (excluding diaryl/α,β-unsaturated/α-hetero) is 1. The Labute approximate surface area is 173 Å². The van der Waals surface area contributed by atoms with Gasteiger partial charge in [0.1, 0.15) is 5.75 Å². The molecule has 1 aliphatic rings. The first-order valence-electron chi connectivity index (χ1n) is 9.12. The van der Waals surface area contributed by atoms with Crippen LogP contribution in [0, 0.1) is 0 Å². The van der Waals surface area contributed by atoms with Crippen LogP contribution in [0.15, 0.2) is 47.4 Å². The fraction of sp³-hybridized carbons (Fsp3) is 0.250. The molecular formula is C20H21N3O6S. The lowest BCUT2D eigenvalue weighted by molar-refractivity contribution is -0.122. The van der Waals surface area contributed by atoms with Crippen LogP contribution in [0.25, 0.3) is 0 Å². The second-order valence-electron chi connectivity index (χ2n) is 6.79. The summed E-state index contributed by atoms with van der Waals surface area (Å²) in [7, 11) is -3.77. The normalized spacial score (nSPS) is 13.4. The number of fused-ring (bicyclic) bond motifs is 1. The molecule has 10 heteroatoms. The molecule has 0 radical (unpaired) electrons. The molecular weight excluding hydrogens is 410 g/mol. The summed E-state index contributed by atoms with van der Waals surface area (Å²) in [6.45, 7) is 1.63. The quantitative estimate of drug-likeness (QED) is 0.627. The van der Waals surface area contributed by atoms with Crippen LogP contribution < -0.4 is 20.1 Å². The van der Waals surface area contributed by atoms with E-state index in [1.807, 2.05) is 0 Å². The number of primary sulfonamides is 1. The zero-order valence-corrected chi connectivity index (χ0v) is 17.1. The Morgan fingerprint density at radius 1 is 1.17 bits per heavy atom. The molecule has 0 atom stereocenters. The Morgan fingerprint density at radius 3 is 2.50 bits per heavy atom. The van der Waals surface area contributed by atoms with Crippen LogP contribution in [0.1, 0.15) is 29.3 Å². The molecule has 0 saturated carbocycles. The number of amides is 2. The first-order valence-corrected chi connectivity index (χ1v) is 10.7. The van der Waals surface area contributed by atoms with E-state index in [1.165, 1.54) is 24.0 Å². The minimum Gasteiger partial charge on any atom is -0.482 e. The van der Waals surface area contributed by atoms with E-state index in [4.69, 9.17) is 9.88 Å². The summed E-state index contributed by atoms with van der Waals surface area (Å²) < 4.78 is 27.9. The average molecular weight is 431 g/mol. The summed E-state index contributed by atoms with van der Waals surface area (Å²) in [6.07, 6.45) is 0.0464. The van der Waals surface area contributed by atoms with E-state index >= 15 is 0 Å². The Morgan fingerprint density at radius 2 is 1.87 bits per heavy atom. The highest BCUT2D eigenvalue weighted by Crippen LogP contribution is 2.33. The number of nitrogens with two attached hydrogens (primary N) is 1. The number of ether oxygens (including phenoxy) is 1. The lowest BCUT2D eigenvalue weighted by atomic mass is 10.1. The number of rotatable bonds is 7. The standard InChI is InChI=1S/C20H21N3O6S/c1-13(24)15-4-7-18-17(10-15)23(20(26)12-29-18)9-8-19(25)22-11-14-2-5-16(6-3-14)30(21,27)28/h2-7,10H,8-9,11-12H2,1H3,(H,22,25)(H2,21,27,28). The fourth-order valence-electron chi connectivity index (χ4n) is 2.97. The molecule has 0 aliphatic carbocycles. The number of hydrogen-bond donors (Lipinski definition) is 2. The maximum atomic E-state index is 12.3. The third-order valence-corrected chi connectivity index (χ3v) is 5.54. The second kappa shape index (κ2) is 8.64. The topological polar surface area (TPSA) is 136 Å². The van der Waals surface area contributed by atoms with Gasteiger partial charge >= 0.3 is 0 Å². The summed E-state index contributed by atoms with van der Waals surface area (Å²) in [4.78, 5) is 37.6. The third kappa shape index (κ3) is 5.02. The highest BCUT2D eigenvalue weighted by molar-refractivity contribution is 7.89. The van der Waals surface area contributed by atoms with Crippen molar-refractivity contribution in [1.29, 1.82) is 0 Å². The molecule has 0 spiro atoms. The van der Waals surface area contributed by atoms with E-state index in [0.717, 1.165) is 0 Å². The van der Waals surface area contributed by atoms with Crippen molar-refractivity contribution >= 4 is 33.3 Å². The maximum absolute atomic E-state index is 12.3. The number of hydrogen-bond acceptors (Lipinski definition) is 6. The summed E-state index contributed by atoms with van der Waals surface area (Å²) in [5, 5.41) is 7.78. The average Bonchev–Trinajstić information content (AvgIpc) is 2.70. The van der Waals surface area contributed by atoms with Crippen molar-refractivity contribution in [3.8, 4) is 5.75 Å². The largest absolute Gasteiger partial charge is 0.482 e. The number of anilines is 1. The highest BCUT2D eigenvalue weighted by atomic mass is 32.2. The molecule has 3 rings (SSSR count). The van der Waals surface area contributed by atoms with E-state index < -0.39 is 10.0 Å². The van der Waals surface area contributed by atoms with Crippen molar-refractivity contribution < 1.29 is 27.5 Å². The van der Waals surface area contributed by atoms with Crippen molar-refractivity contribution in [3.63, 3.8) is 0 Å². The van der Waals surface area contributed by atoms with Crippen LogP contribution in [0.4, 0.5) is 5.69 Å². The minimum atomic E-state index is -3.77. The van der Waals surface area contributed by atoms with Gasteiger partial charge in [-0.3, -0.25) is 14.4 Å². The smallest absolute Gasteiger partial charge is 0.265 e. The van der Waals surface area contributed by atoms with Crippen LogP contribution in [-0.4, -0.2) is 39.2 Å². The van der Waals surface area contributed by atoms with Crippen LogP contribution in [0.3, 0.4) is 0 Å². The summed E-state index contributed by atoms with van der Waals surface area (Å²) in [5.41, 5.74) is 1.62.